The molecule has 1 fully saturated rings. The number of aliphatic hydroxyl groups is 7. The van der Waals surface area contributed by atoms with Gasteiger partial charge in [-0.3, -0.25) is 4.79 Å². The normalized spacial score (nSPS) is 24.5. The van der Waals surface area contributed by atoms with Crippen LogP contribution in [0.4, 0.5) is 0 Å². The summed E-state index contributed by atoms with van der Waals surface area (Å²) in [5.74, 6) is -0.723. The number of hydrogen-bond donors (Lipinski definition) is 8. The molecule has 11 heteroatoms. The molecule has 9 unspecified atom stereocenters. The molecule has 8 N–H and O–H groups in total. The minimum atomic E-state index is -1.66. The van der Waals surface area contributed by atoms with Crippen molar-refractivity contribution in [2.45, 2.75) is 184 Å². The van der Waals surface area contributed by atoms with Gasteiger partial charge in [-0.2, -0.15) is 0 Å². The molecule has 1 aliphatic heterocycles. The smallest absolute Gasteiger partial charge is 0.249 e. The van der Waals surface area contributed by atoms with Gasteiger partial charge in [-0.1, -0.05) is 95.9 Å². The first-order chi connectivity index (χ1) is 22.7. The number of carbonyl (C=O) groups excluding carboxylic acids is 1. The molecule has 0 saturated carbocycles. The molecule has 0 radical (unpaired) electrons. The van der Waals surface area contributed by atoms with Crippen molar-refractivity contribution >= 4 is 5.91 Å². The van der Waals surface area contributed by atoms with Crippen molar-refractivity contribution in [3.63, 3.8) is 0 Å². The maximum atomic E-state index is 12.9. The summed E-state index contributed by atoms with van der Waals surface area (Å²) in [5, 5.41) is 74.9. The van der Waals surface area contributed by atoms with Crippen LogP contribution in [0.3, 0.4) is 0 Å². The molecular formula is C36H67NO10. The molecule has 0 bridgehead atoms. The van der Waals surface area contributed by atoms with Crippen molar-refractivity contribution < 1.29 is 50.0 Å². The van der Waals surface area contributed by atoms with Gasteiger partial charge in [-0.25, -0.2) is 0 Å². The minimum Gasteiger partial charge on any atom is -0.394 e. The molecule has 1 aliphatic rings. The van der Waals surface area contributed by atoms with E-state index in [0.29, 0.717) is 12.8 Å². The fourth-order valence-electron chi connectivity index (χ4n) is 5.54. The Balaban J connectivity index is 2.65. The van der Waals surface area contributed by atoms with Gasteiger partial charge in [-0.15, -0.1) is 0 Å². The Kier molecular flexibility index (Phi) is 25.4. The molecule has 11 nitrogen and oxygen atoms in total. The summed E-state index contributed by atoms with van der Waals surface area (Å²) in [6.45, 7) is 3.28. The fraction of sp³-hybridized carbons (Fsp3) is 0.861. The molecule has 1 amide bonds. The molecular weight excluding hydrogens is 606 g/mol. The highest BCUT2D eigenvalue weighted by Gasteiger charge is 2.44. The standard InChI is InChI=1S/C36H67NO10/c1-3-5-7-9-11-13-15-17-19-21-23-28(39)31(41)27(26-46-36-34(44)33(43)32(42)30(25-38)47-36)37-35(45)29(40)24-22-20-18-16-14-12-10-8-6-4-2/h10,12,15,17,27-34,36,38-44H,3-9,11,13-14,16,18-26H2,1-2H3,(H,37,45)/b12-10-,17-15+. The molecule has 1 rings (SSSR count). The van der Waals surface area contributed by atoms with E-state index in [9.17, 15) is 40.5 Å². The van der Waals surface area contributed by atoms with Crippen LogP contribution in [-0.4, -0.2) is 110 Å². The predicted molar refractivity (Wildman–Crippen MR) is 182 cm³/mol. The monoisotopic (exact) mass is 673 g/mol. The van der Waals surface area contributed by atoms with Gasteiger partial charge in [-0.05, 0) is 57.8 Å². The van der Waals surface area contributed by atoms with Gasteiger partial charge in [0.25, 0.3) is 0 Å². The van der Waals surface area contributed by atoms with Gasteiger partial charge in [0.05, 0.1) is 25.4 Å². The highest BCUT2D eigenvalue weighted by atomic mass is 16.7. The summed E-state index contributed by atoms with van der Waals surface area (Å²) in [5.41, 5.74) is 0. The molecule has 0 aliphatic carbocycles. The first-order valence-corrected chi connectivity index (χ1v) is 18.2. The van der Waals surface area contributed by atoms with Gasteiger partial charge >= 0.3 is 0 Å². The predicted octanol–water partition coefficient (Wildman–Crippen LogP) is 3.54. The Hall–Kier alpha value is -1.41. The quantitative estimate of drug-likeness (QED) is 0.0451. The minimum absolute atomic E-state index is 0.238. The number of aliphatic hydroxyl groups excluding tert-OH is 7. The van der Waals surface area contributed by atoms with Crippen LogP contribution in [0.25, 0.3) is 0 Å². The highest BCUT2D eigenvalue weighted by molar-refractivity contribution is 5.80. The van der Waals surface area contributed by atoms with Crippen LogP contribution in [0.1, 0.15) is 129 Å². The second-order valence-electron chi connectivity index (χ2n) is 12.9. The lowest BCUT2D eigenvalue weighted by molar-refractivity contribution is -0.303. The summed E-state index contributed by atoms with van der Waals surface area (Å²) in [6.07, 6.45) is 14.0. The zero-order valence-corrected chi connectivity index (χ0v) is 29.0. The van der Waals surface area contributed by atoms with E-state index in [-0.39, 0.29) is 12.8 Å². The number of amides is 1. The molecule has 47 heavy (non-hydrogen) atoms. The van der Waals surface area contributed by atoms with Crippen LogP contribution >= 0.6 is 0 Å². The van der Waals surface area contributed by atoms with Crippen LogP contribution < -0.4 is 5.32 Å². The van der Waals surface area contributed by atoms with Crippen molar-refractivity contribution in [1.29, 1.82) is 0 Å². The number of nitrogens with one attached hydrogen (secondary N) is 1. The van der Waals surface area contributed by atoms with Crippen LogP contribution in [0.15, 0.2) is 24.3 Å². The number of rotatable bonds is 28. The molecule has 1 heterocycles. The second-order valence-corrected chi connectivity index (χ2v) is 12.9. The lowest BCUT2D eigenvalue weighted by atomic mass is 9.98. The summed E-state index contributed by atoms with van der Waals surface area (Å²) >= 11 is 0. The Labute approximate surface area is 283 Å². The van der Waals surface area contributed by atoms with Gasteiger partial charge < -0.3 is 50.5 Å². The van der Waals surface area contributed by atoms with E-state index in [1.165, 1.54) is 38.5 Å². The lowest BCUT2D eigenvalue weighted by Gasteiger charge is -2.40. The van der Waals surface area contributed by atoms with Crippen LogP contribution in [0, 0.1) is 0 Å². The Morgan fingerprint density at radius 1 is 0.723 bits per heavy atom. The molecule has 276 valence electrons. The molecule has 9 atom stereocenters. The van der Waals surface area contributed by atoms with E-state index in [0.717, 1.165) is 51.4 Å². The Morgan fingerprint density at radius 3 is 1.87 bits per heavy atom. The average molecular weight is 674 g/mol. The van der Waals surface area contributed by atoms with Crippen LogP contribution in [0.5, 0.6) is 0 Å². The third kappa shape index (κ3) is 18.8. The van der Waals surface area contributed by atoms with E-state index < -0.39 is 74.2 Å². The summed E-state index contributed by atoms with van der Waals surface area (Å²) in [4.78, 5) is 12.9. The van der Waals surface area contributed by atoms with E-state index in [1.54, 1.807) is 0 Å². The maximum Gasteiger partial charge on any atom is 0.249 e. The Morgan fingerprint density at radius 2 is 1.28 bits per heavy atom. The Bertz CT molecular complexity index is 826. The zero-order valence-electron chi connectivity index (χ0n) is 29.0. The maximum absolute atomic E-state index is 12.9. The van der Waals surface area contributed by atoms with Crippen molar-refractivity contribution in [1.82, 2.24) is 5.32 Å². The van der Waals surface area contributed by atoms with Gasteiger partial charge in [0.1, 0.15) is 36.6 Å². The van der Waals surface area contributed by atoms with Crippen molar-refractivity contribution in [3.8, 4) is 0 Å². The van der Waals surface area contributed by atoms with Crippen molar-refractivity contribution in [2.24, 2.45) is 0 Å². The molecule has 0 aromatic rings. The molecule has 0 spiro atoms. The number of ether oxygens (including phenoxy) is 2. The number of allylic oxidation sites excluding steroid dienone is 4. The van der Waals surface area contributed by atoms with E-state index in [4.69, 9.17) is 9.47 Å². The third-order valence-electron chi connectivity index (χ3n) is 8.73. The summed E-state index contributed by atoms with van der Waals surface area (Å²) in [7, 11) is 0. The van der Waals surface area contributed by atoms with Crippen molar-refractivity contribution in [2.75, 3.05) is 13.2 Å². The summed E-state index contributed by atoms with van der Waals surface area (Å²) in [6, 6.07) is -1.18. The fourth-order valence-corrected chi connectivity index (χ4v) is 5.54. The second kappa shape index (κ2) is 27.4. The van der Waals surface area contributed by atoms with E-state index in [2.05, 4.69) is 43.5 Å². The lowest BCUT2D eigenvalue weighted by Crippen LogP contribution is -2.60. The van der Waals surface area contributed by atoms with E-state index in [1.807, 2.05) is 0 Å². The average Bonchev–Trinajstić information content (AvgIpc) is 3.07. The van der Waals surface area contributed by atoms with Gasteiger partial charge in [0.2, 0.25) is 5.91 Å². The zero-order chi connectivity index (χ0) is 34.9. The number of carbonyl (C=O) groups is 1. The largest absolute Gasteiger partial charge is 0.394 e. The molecule has 0 aromatic heterocycles. The highest BCUT2D eigenvalue weighted by Crippen LogP contribution is 2.23. The van der Waals surface area contributed by atoms with Crippen LogP contribution in [0.2, 0.25) is 0 Å². The topological polar surface area (TPSA) is 189 Å². The number of unbranched alkanes of at least 4 members (excludes halogenated alkanes) is 12. The third-order valence-corrected chi connectivity index (χ3v) is 8.73. The molecule has 1 saturated heterocycles. The van der Waals surface area contributed by atoms with Crippen molar-refractivity contribution in [3.05, 3.63) is 24.3 Å². The van der Waals surface area contributed by atoms with Crippen LogP contribution in [-0.2, 0) is 14.3 Å². The summed E-state index contributed by atoms with van der Waals surface area (Å²) < 4.78 is 11.0. The first kappa shape index (κ1) is 43.6. The van der Waals surface area contributed by atoms with E-state index >= 15 is 0 Å². The number of hydrogen-bond acceptors (Lipinski definition) is 10. The SMILES string of the molecule is CCCC/C=C\CCCCCCC(O)C(=O)NC(COC1OC(CO)C(O)C(O)C1O)C(O)C(O)CCC/C=C/CCCCCCC. The molecule has 0 aromatic carbocycles. The first-order valence-electron chi connectivity index (χ1n) is 18.2. The van der Waals surface area contributed by atoms with Gasteiger partial charge in [0.15, 0.2) is 6.29 Å². The van der Waals surface area contributed by atoms with Gasteiger partial charge in [0, 0.05) is 0 Å².